The lowest BCUT2D eigenvalue weighted by Gasteiger charge is -2.13. The Hall–Kier alpha value is -2.52. The molecule has 28 heavy (non-hydrogen) atoms. The average molecular weight is 428 g/mol. The monoisotopic (exact) mass is 427 g/mol. The van der Waals surface area contributed by atoms with E-state index < -0.39 is 18.6 Å². The first-order valence-corrected chi connectivity index (χ1v) is 9.35. The minimum Gasteiger partial charge on any atom is -0.346 e. The minimum absolute atomic E-state index is 0.174. The number of rotatable bonds is 5. The molecular formula is C18H13ClF3N3O2S. The van der Waals surface area contributed by atoms with Crippen LogP contribution in [-0.2, 0) is 4.79 Å². The molecule has 0 saturated heterocycles. The standard InChI is InChI=1S/C18H13ClF3N3O2S/c19-11-4-3-5-12(8-11)25-16(27)13-6-1-2-7-14(13)24-17(25)28-9-15(26)23-10-18(20,21)22/h1-8H,9-10H2,(H,23,26). The van der Waals surface area contributed by atoms with E-state index in [1.165, 1.54) is 4.57 Å². The van der Waals surface area contributed by atoms with E-state index in [0.29, 0.717) is 21.6 Å². The highest BCUT2D eigenvalue weighted by molar-refractivity contribution is 7.99. The summed E-state index contributed by atoms with van der Waals surface area (Å²) >= 11 is 6.88. The van der Waals surface area contributed by atoms with Crippen molar-refractivity contribution in [1.29, 1.82) is 0 Å². The van der Waals surface area contributed by atoms with E-state index >= 15 is 0 Å². The van der Waals surface area contributed by atoms with Gasteiger partial charge in [0.1, 0.15) is 6.54 Å². The average Bonchev–Trinajstić information content (AvgIpc) is 2.64. The van der Waals surface area contributed by atoms with E-state index in [2.05, 4.69) is 4.98 Å². The Morgan fingerprint density at radius 1 is 1.18 bits per heavy atom. The summed E-state index contributed by atoms with van der Waals surface area (Å²) in [6.07, 6.45) is -4.50. The highest BCUT2D eigenvalue weighted by Gasteiger charge is 2.27. The maximum Gasteiger partial charge on any atom is 0.405 e. The van der Waals surface area contributed by atoms with E-state index in [0.717, 1.165) is 11.8 Å². The lowest BCUT2D eigenvalue weighted by atomic mass is 10.2. The molecular weight excluding hydrogens is 415 g/mol. The van der Waals surface area contributed by atoms with Crippen LogP contribution in [0.15, 0.2) is 58.5 Å². The van der Waals surface area contributed by atoms with Crippen molar-refractivity contribution in [3.63, 3.8) is 0 Å². The zero-order valence-corrected chi connectivity index (χ0v) is 15.7. The Balaban J connectivity index is 1.97. The molecule has 2 aromatic carbocycles. The SMILES string of the molecule is O=C(CSc1nc2ccccc2c(=O)n1-c1cccc(Cl)c1)NCC(F)(F)F. The molecule has 0 fully saturated rings. The van der Waals surface area contributed by atoms with Crippen LogP contribution in [0.3, 0.4) is 0 Å². The third-order valence-electron chi connectivity index (χ3n) is 3.63. The number of fused-ring (bicyclic) bond motifs is 1. The predicted octanol–water partition coefficient (Wildman–Crippen LogP) is 3.81. The number of aromatic nitrogens is 2. The molecule has 146 valence electrons. The van der Waals surface area contributed by atoms with Crippen LogP contribution in [0.4, 0.5) is 13.2 Å². The van der Waals surface area contributed by atoms with Crippen molar-refractivity contribution >= 4 is 40.2 Å². The van der Waals surface area contributed by atoms with Gasteiger partial charge in [0.15, 0.2) is 5.16 Å². The number of alkyl halides is 3. The topological polar surface area (TPSA) is 64.0 Å². The van der Waals surface area contributed by atoms with Crippen LogP contribution >= 0.6 is 23.4 Å². The minimum atomic E-state index is -4.50. The van der Waals surface area contributed by atoms with Crippen LogP contribution in [0, 0.1) is 0 Å². The van der Waals surface area contributed by atoms with Gasteiger partial charge < -0.3 is 5.32 Å². The van der Waals surface area contributed by atoms with Gasteiger partial charge >= 0.3 is 6.18 Å². The van der Waals surface area contributed by atoms with Crippen molar-refractivity contribution in [3.8, 4) is 5.69 Å². The van der Waals surface area contributed by atoms with Crippen molar-refractivity contribution in [1.82, 2.24) is 14.9 Å². The number of carbonyl (C=O) groups excluding carboxylic acids is 1. The first-order chi connectivity index (χ1) is 13.2. The normalized spacial score (nSPS) is 11.6. The van der Waals surface area contributed by atoms with E-state index in [1.807, 2.05) is 0 Å². The van der Waals surface area contributed by atoms with Crippen LogP contribution in [0.2, 0.25) is 5.02 Å². The van der Waals surface area contributed by atoms with Crippen molar-refractivity contribution in [2.75, 3.05) is 12.3 Å². The lowest BCUT2D eigenvalue weighted by Crippen LogP contribution is -2.35. The fraction of sp³-hybridized carbons (Fsp3) is 0.167. The number of hydrogen-bond acceptors (Lipinski definition) is 4. The van der Waals surface area contributed by atoms with Crippen molar-refractivity contribution in [2.24, 2.45) is 0 Å². The summed E-state index contributed by atoms with van der Waals surface area (Å²) in [5.74, 6) is -1.15. The van der Waals surface area contributed by atoms with Gasteiger partial charge in [-0.15, -0.1) is 0 Å². The fourth-order valence-corrected chi connectivity index (χ4v) is 3.46. The number of benzene rings is 2. The molecule has 5 nitrogen and oxygen atoms in total. The molecule has 1 aromatic heterocycles. The molecule has 1 amide bonds. The van der Waals surface area contributed by atoms with E-state index in [4.69, 9.17) is 11.6 Å². The van der Waals surface area contributed by atoms with Crippen LogP contribution < -0.4 is 10.9 Å². The van der Waals surface area contributed by atoms with Crippen LogP contribution in [0.25, 0.3) is 16.6 Å². The number of carbonyl (C=O) groups is 1. The molecule has 3 aromatic rings. The highest BCUT2D eigenvalue weighted by atomic mass is 35.5. The summed E-state index contributed by atoms with van der Waals surface area (Å²) in [4.78, 5) is 29.1. The van der Waals surface area contributed by atoms with E-state index in [9.17, 15) is 22.8 Å². The lowest BCUT2D eigenvalue weighted by molar-refractivity contribution is -0.136. The Labute approximate surface area is 166 Å². The number of nitrogens with zero attached hydrogens (tertiary/aromatic N) is 2. The molecule has 1 heterocycles. The molecule has 10 heteroatoms. The number of para-hydroxylation sites is 1. The summed E-state index contributed by atoms with van der Waals surface area (Å²) in [5, 5.41) is 2.73. The van der Waals surface area contributed by atoms with Gasteiger partial charge in [-0.2, -0.15) is 13.2 Å². The van der Waals surface area contributed by atoms with Crippen LogP contribution in [0.1, 0.15) is 0 Å². The van der Waals surface area contributed by atoms with Gasteiger partial charge in [-0.05, 0) is 30.3 Å². The van der Waals surface area contributed by atoms with Crippen molar-refractivity contribution in [3.05, 3.63) is 63.9 Å². The number of halogens is 4. The smallest absolute Gasteiger partial charge is 0.346 e. The third kappa shape index (κ3) is 4.85. The van der Waals surface area contributed by atoms with Gasteiger partial charge in [0, 0.05) is 5.02 Å². The Bertz CT molecular complexity index is 1090. The first-order valence-electron chi connectivity index (χ1n) is 7.98. The molecule has 0 unspecified atom stereocenters. The maximum absolute atomic E-state index is 13.0. The molecule has 3 rings (SSSR count). The van der Waals surface area contributed by atoms with Crippen LogP contribution in [0.5, 0.6) is 0 Å². The van der Waals surface area contributed by atoms with E-state index in [-0.39, 0.29) is 16.5 Å². The third-order valence-corrected chi connectivity index (χ3v) is 4.80. The Kier molecular flexibility index (Phi) is 5.95. The van der Waals surface area contributed by atoms with Crippen molar-refractivity contribution in [2.45, 2.75) is 11.3 Å². The first kappa shape index (κ1) is 20.2. The second-order valence-electron chi connectivity index (χ2n) is 5.71. The summed E-state index contributed by atoms with van der Waals surface area (Å²) in [6.45, 7) is -1.42. The Morgan fingerprint density at radius 2 is 1.93 bits per heavy atom. The number of hydrogen-bond donors (Lipinski definition) is 1. The molecule has 0 bridgehead atoms. The van der Waals surface area contributed by atoms with Gasteiger partial charge in [-0.3, -0.25) is 14.2 Å². The predicted molar refractivity (Wildman–Crippen MR) is 102 cm³/mol. The summed E-state index contributed by atoms with van der Waals surface area (Å²) < 4.78 is 38.0. The zero-order valence-electron chi connectivity index (χ0n) is 14.2. The maximum atomic E-state index is 13.0. The zero-order chi connectivity index (χ0) is 20.3. The van der Waals surface area contributed by atoms with Gasteiger partial charge in [-0.25, -0.2) is 4.98 Å². The van der Waals surface area contributed by atoms with Gasteiger partial charge in [0.05, 0.1) is 22.3 Å². The molecule has 0 aliphatic carbocycles. The summed E-state index contributed by atoms with van der Waals surface area (Å²) in [6, 6.07) is 13.2. The largest absolute Gasteiger partial charge is 0.405 e. The second-order valence-corrected chi connectivity index (χ2v) is 7.09. The summed E-state index contributed by atoms with van der Waals surface area (Å²) in [5.41, 5.74) is 0.490. The quantitative estimate of drug-likeness (QED) is 0.497. The van der Waals surface area contributed by atoms with Crippen LogP contribution in [-0.4, -0.2) is 33.9 Å². The van der Waals surface area contributed by atoms with Gasteiger partial charge in [0.2, 0.25) is 5.91 Å². The highest BCUT2D eigenvalue weighted by Crippen LogP contribution is 2.23. The molecule has 0 radical (unpaired) electrons. The second kappa shape index (κ2) is 8.24. The molecule has 1 N–H and O–H groups in total. The van der Waals surface area contributed by atoms with Gasteiger partial charge in [0.25, 0.3) is 5.56 Å². The number of thioether (sulfide) groups is 1. The van der Waals surface area contributed by atoms with E-state index in [1.54, 1.807) is 53.8 Å². The molecule has 0 aliphatic heterocycles. The van der Waals surface area contributed by atoms with Gasteiger partial charge in [-0.1, -0.05) is 41.6 Å². The van der Waals surface area contributed by atoms with Crippen molar-refractivity contribution < 1.29 is 18.0 Å². The summed E-state index contributed by atoms with van der Waals surface area (Å²) in [7, 11) is 0. The molecule has 0 spiro atoms. The fourth-order valence-electron chi connectivity index (χ4n) is 2.43. The number of amides is 1. The molecule has 0 atom stereocenters. The number of nitrogens with one attached hydrogen (secondary N) is 1. The molecule has 0 aliphatic rings. The Morgan fingerprint density at radius 3 is 2.64 bits per heavy atom. The molecule has 0 saturated carbocycles.